The predicted molar refractivity (Wildman–Crippen MR) is 143 cm³/mol. The second kappa shape index (κ2) is 11.7. The Morgan fingerprint density at radius 1 is 1.14 bits per heavy atom. The molecular formula is C27H35N5O3S. The molecule has 2 atom stereocenters. The van der Waals surface area contributed by atoms with E-state index in [1.54, 1.807) is 12.1 Å². The number of nitrogens with zero attached hydrogens (tertiary/aromatic N) is 4. The molecule has 0 radical (unpaired) electrons. The number of aromatic nitrogens is 3. The van der Waals surface area contributed by atoms with Crippen molar-refractivity contribution >= 4 is 23.4 Å². The highest BCUT2D eigenvalue weighted by atomic mass is 32.2. The zero-order chi connectivity index (χ0) is 26.5. The molecule has 1 aromatic heterocycles. The first-order valence-electron chi connectivity index (χ1n) is 12.1. The summed E-state index contributed by atoms with van der Waals surface area (Å²) in [5.74, 6) is 1.49. The molecule has 1 N–H and O–H groups in total. The highest BCUT2D eigenvalue weighted by Crippen LogP contribution is 2.29. The summed E-state index contributed by atoms with van der Waals surface area (Å²) >= 11 is 1.53. The van der Waals surface area contributed by atoms with Gasteiger partial charge in [-0.25, -0.2) is 0 Å². The van der Waals surface area contributed by atoms with Crippen LogP contribution >= 0.6 is 11.8 Å². The van der Waals surface area contributed by atoms with Gasteiger partial charge < -0.3 is 5.32 Å². The Hall–Kier alpha value is -3.20. The standard InChI is InChI=1S/C27H35N5O3S/c1-18-8-7-9-21(14-18)17-36-26-30-29-25(31(26)22-10-12-23(13-11-22)32(34)35)20(3)28-24(33)15-19(2)16-27(4,5)6/h7-14,19-20H,15-17H2,1-6H3,(H,28,33). The lowest BCUT2D eigenvalue weighted by atomic mass is 9.84. The van der Waals surface area contributed by atoms with Crippen LogP contribution in [0.5, 0.6) is 0 Å². The molecule has 9 heteroatoms. The molecule has 3 rings (SSSR count). The van der Waals surface area contributed by atoms with Gasteiger partial charge in [0.25, 0.3) is 5.69 Å². The molecule has 3 aromatic rings. The Morgan fingerprint density at radius 3 is 2.44 bits per heavy atom. The third-order valence-electron chi connectivity index (χ3n) is 5.69. The van der Waals surface area contributed by atoms with Gasteiger partial charge in [-0.1, -0.05) is 69.3 Å². The van der Waals surface area contributed by atoms with Gasteiger partial charge in [0.1, 0.15) is 0 Å². The fourth-order valence-corrected chi connectivity index (χ4v) is 5.27. The number of carbonyl (C=O) groups is 1. The molecule has 0 spiro atoms. The average Bonchev–Trinajstić information content (AvgIpc) is 3.20. The number of thioether (sulfide) groups is 1. The van der Waals surface area contributed by atoms with Gasteiger partial charge in [-0.3, -0.25) is 19.5 Å². The maximum absolute atomic E-state index is 12.8. The third kappa shape index (κ3) is 7.65. The van der Waals surface area contributed by atoms with E-state index in [0.717, 1.165) is 12.0 Å². The lowest BCUT2D eigenvalue weighted by Gasteiger charge is -2.23. The van der Waals surface area contributed by atoms with Gasteiger partial charge in [0.15, 0.2) is 11.0 Å². The summed E-state index contributed by atoms with van der Waals surface area (Å²) in [5.41, 5.74) is 3.22. The fraction of sp³-hybridized carbons (Fsp3) is 0.444. The van der Waals surface area contributed by atoms with Gasteiger partial charge in [0, 0.05) is 30.0 Å². The molecule has 0 aliphatic rings. The van der Waals surface area contributed by atoms with Crippen molar-refractivity contribution < 1.29 is 9.72 Å². The highest BCUT2D eigenvalue weighted by Gasteiger charge is 2.23. The van der Waals surface area contributed by atoms with Crippen LogP contribution < -0.4 is 5.32 Å². The minimum absolute atomic E-state index is 0.0107. The first-order chi connectivity index (χ1) is 16.9. The molecule has 0 saturated carbocycles. The van der Waals surface area contributed by atoms with Gasteiger partial charge in [-0.2, -0.15) is 0 Å². The molecule has 2 aromatic carbocycles. The molecule has 8 nitrogen and oxygen atoms in total. The number of carbonyl (C=O) groups excluding carboxylic acids is 1. The smallest absolute Gasteiger partial charge is 0.269 e. The minimum atomic E-state index is -0.425. The SMILES string of the molecule is Cc1cccc(CSc2nnc(C(C)NC(=O)CC(C)CC(C)(C)C)n2-c2ccc([N+](=O)[O-])cc2)c1. The quantitative estimate of drug-likeness (QED) is 0.192. The van der Waals surface area contributed by atoms with E-state index in [9.17, 15) is 14.9 Å². The molecule has 0 saturated heterocycles. The summed E-state index contributed by atoms with van der Waals surface area (Å²) in [6.45, 7) is 12.5. The molecule has 1 amide bonds. The fourth-order valence-electron chi connectivity index (χ4n) is 4.37. The first-order valence-corrected chi connectivity index (χ1v) is 13.1. The summed E-state index contributed by atoms with van der Waals surface area (Å²) in [4.78, 5) is 23.5. The Balaban J connectivity index is 1.84. The van der Waals surface area contributed by atoms with Crippen molar-refractivity contribution in [2.75, 3.05) is 0 Å². The maximum atomic E-state index is 12.8. The molecule has 0 aliphatic heterocycles. The number of aryl methyl sites for hydroxylation is 1. The van der Waals surface area contributed by atoms with Crippen molar-refractivity contribution in [3.05, 3.63) is 75.6 Å². The van der Waals surface area contributed by atoms with Crippen molar-refractivity contribution in [2.45, 2.75) is 71.3 Å². The van der Waals surface area contributed by atoms with E-state index in [1.807, 2.05) is 17.6 Å². The van der Waals surface area contributed by atoms with Crippen LogP contribution in [0, 0.1) is 28.4 Å². The Kier molecular flexibility index (Phi) is 8.89. The van der Waals surface area contributed by atoms with Crippen LogP contribution in [0.25, 0.3) is 5.69 Å². The average molecular weight is 510 g/mol. The van der Waals surface area contributed by atoms with Gasteiger partial charge >= 0.3 is 0 Å². The molecule has 0 bridgehead atoms. The minimum Gasteiger partial charge on any atom is -0.346 e. The molecular weight excluding hydrogens is 474 g/mol. The lowest BCUT2D eigenvalue weighted by Crippen LogP contribution is -2.30. The first kappa shape index (κ1) is 27.4. The van der Waals surface area contributed by atoms with Crippen LogP contribution in [0.15, 0.2) is 53.7 Å². The number of hydrogen-bond acceptors (Lipinski definition) is 6. The van der Waals surface area contributed by atoms with Gasteiger partial charge in [-0.05, 0) is 49.3 Å². The van der Waals surface area contributed by atoms with Crippen molar-refractivity contribution in [3.63, 3.8) is 0 Å². The van der Waals surface area contributed by atoms with Gasteiger partial charge in [0.2, 0.25) is 5.91 Å². The molecule has 0 fully saturated rings. The van der Waals surface area contributed by atoms with E-state index in [4.69, 9.17) is 0 Å². The second-order valence-corrected chi connectivity index (χ2v) is 11.5. The number of benzene rings is 2. The zero-order valence-corrected chi connectivity index (χ0v) is 22.6. The summed E-state index contributed by atoms with van der Waals surface area (Å²) in [6, 6.07) is 14.2. The van der Waals surface area contributed by atoms with E-state index < -0.39 is 11.0 Å². The van der Waals surface area contributed by atoms with Crippen LogP contribution in [-0.4, -0.2) is 25.6 Å². The third-order valence-corrected chi connectivity index (χ3v) is 6.69. The largest absolute Gasteiger partial charge is 0.346 e. The zero-order valence-electron chi connectivity index (χ0n) is 21.8. The van der Waals surface area contributed by atoms with E-state index in [2.05, 4.69) is 68.3 Å². The van der Waals surface area contributed by atoms with E-state index in [0.29, 0.717) is 28.8 Å². The van der Waals surface area contributed by atoms with Crippen LogP contribution in [0.2, 0.25) is 0 Å². The predicted octanol–water partition coefficient (Wildman–Crippen LogP) is 6.42. The molecule has 0 aliphatic carbocycles. The highest BCUT2D eigenvalue weighted by molar-refractivity contribution is 7.98. The van der Waals surface area contributed by atoms with Crippen LogP contribution in [0.4, 0.5) is 5.69 Å². The Morgan fingerprint density at radius 2 is 1.83 bits per heavy atom. The molecule has 192 valence electrons. The van der Waals surface area contributed by atoms with Crippen molar-refractivity contribution in [2.24, 2.45) is 11.3 Å². The number of hydrogen-bond donors (Lipinski definition) is 1. The molecule has 36 heavy (non-hydrogen) atoms. The summed E-state index contributed by atoms with van der Waals surface area (Å²) in [6.07, 6.45) is 1.38. The van der Waals surface area contributed by atoms with Crippen LogP contribution in [0.3, 0.4) is 0 Å². The lowest BCUT2D eigenvalue weighted by molar-refractivity contribution is -0.384. The van der Waals surface area contributed by atoms with Crippen molar-refractivity contribution in [1.82, 2.24) is 20.1 Å². The summed E-state index contributed by atoms with van der Waals surface area (Å²) in [5, 5.41) is 23.7. The van der Waals surface area contributed by atoms with Crippen LogP contribution in [0.1, 0.15) is 70.5 Å². The normalized spacial score (nSPS) is 13.3. The number of amides is 1. The van der Waals surface area contributed by atoms with Crippen LogP contribution in [-0.2, 0) is 10.5 Å². The number of nitro benzene ring substituents is 1. The topological polar surface area (TPSA) is 103 Å². The van der Waals surface area contributed by atoms with Gasteiger partial charge in [-0.15, -0.1) is 10.2 Å². The second-order valence-electron chi connectivity index (χ2n) is 10.6. The van der Waals surface area contributed by atoms with E-state index in [1.165, 1.54) is 29.5 Å². The van der Waals surface area contributed by atoms with E-state index in [-0.39, 0.29) is 22.9 Å². The Bertz CT molecular complexity index is 1200. The van der Waals surface area contributed by atoms with Crippen molar-refractivity contribution in [3.8, 4) is 5.69 Å². The Labute approximate surface area is 217 Å². The number of nitro groups is 1. The molecule has 1 heterocycles. The van der Waals surface area contributed by atoms with Gasteiger partial charge in [0.05, 0.1) is 11.0 Å². The number of rotatable bonds is 10. The molecule has 2 unspecified atom stereocenters. The summed E-state index contributed by atoms with van der Waals surface area (Å²) < 4.78 is 1.87. The van der Waals surface area contributed by atoms with E-state index >= 15 is 0 Å². The van der Waals surface area contributed by atoms with Crippen molar-refractivity contribution in [1.29, 1.82) is 0 Å². The monoisotopic (exact) mass is 509 g/mol. The maximum Gasteiger partial charge on any atom is 0.269 e. The number of non-ortho nitro benzene ring substituents is 1. The summed E-state index contributed by atoms with van der Waals surface area (Å²) in [7, 11) is 0. The number of nitrogens with one attached hydrogen (secondary N) is 1.